The number of allylic oxidation sites excluding steroid dienone is 5. The number of carbonyl (C=O) groups excluding carboxylic acids is 2. The van der Waals surface area contributed by atoms with Crippen molar-refractivity contribution >= 4 is 11.9 Å². The summed E-state index contributed by atoms with van der Waals surface area (Å²) >= 11 is 0. The second-order valence-electron chi connectivity index (χ2n) is 20.7. The minimum Gasteiger partial charge on any atom is -0.454 e. The summed E-state index contributed by atoms with van der Waals surface area (Å²) in [6.07, 6.45) is 46.4. The fourth-order valence-electron chi connectivity index (χ4n) is 9.29. The molecule has 6 N–H and O–H groups in total. The Balaban J connectivity index is 2.70. The van der Waals surface area contributed by atoms with Gasteiger partial charge in [0.15, 0.2) is 12.4 Å². The van der Waals surface area contributed by atoms with Gasteiger partial charge in [0, 0.05) is 6.42 Å². The van der Waals surface area contributed by atoms with E-state index < -0.39 is 67.4 Å². The Bertz CT molecular complexity index is 1290. The molecule has 11 nitrogen and oxygen atoms in total. The summed E-state index contributed by atoms with van der Waals surface area (Å²) in [4.78, 5) is 26.4. The number of aliphatic hydroxyl groups is 5. The molecule has 1 heterocycles. The van der Waals surface area contributed by atoms with E-state index in [2.05, 4.69) is 38.2 Å². The number of hydrogen-bond acceptors (Lipinski definition) is 10. The first-order valence-electron chi connectivity index (χ1n) is 29.8. The summed E-state index contributed by atoms with van der Waals surface area (Å²) in [5, 5.41) is 56.8. The van der Waals surface area contributed by atoms with Crippen molar-refractivity contribution in [2.24, 2.45) is 0 Å². The van der Waals surface area contributed by atoms with Crippen molar-refractivity contribution in [2.45, 2.75) is 320 Å². The van der Waals surface area contributed by atoms with Crippen LogP contribution in [-0.4, -0.2) is 99.6 Å². The van der Waals surface area contributed by atoms with Gasteiger partial charge in [0.2, 0.25) is 5.91 Å². The lowest BCUT2D eigenvalue weighted by molar-refractivity contribution is -0.305. The average molecular weight is 1010 g/mol. The molecule has 1 aliphatic heterocycles. The van der Waals surface area contributed by atoms with Crippen LogP contribution in [0.1, 0.15) is 271 Å². The maximum Gasteiger partial charge on any atom is 0.306 e. The van der Waals surface area contributed by atoms with Crippen molar-refractivity contribution in [1.82, 2.24) is 5.32 Å². The molecule has 8 unspecified atom stereocenters. The third-order valence-electron chi connectivity index (χ3n) is 14.1. The number of ether oxygens (including phenoxy) is 3. The van der Waals surface area contributed by atoms with Crippen molar-refractivity contribution in [3.05, 3.63) is 36.5 Å². The van der Waals surface area contributed by atoms with E-state index >= 15 is 0 Å². The van der Waals surface area contributed by atoms with Gasteiger partial charge in [-0.25, -0.2) is 0 Å². The van der Waals surface area contributed by atoms with E-state index in [1.165, 1.54) is 173 Å². The van der Waals surface area contributed by atoms with Crippen molar-refractivity contribution in [3.63, 3.8) is 0 Å². The highest BCUT2D eigenvalue weighted by Crippen LogP contribution is 2.26. The average Bonchev–Trinajstić information content (AvgIpc) is 3.37. The molecule has 0 bridgehead atoms. The fourth-order valence-corrected chi connectivity index (χ4v) is 9.29. The zero-order chi connectivity index (χ0) is 51.8. The molecule has 11 heteroatoms. The Morgan fingerprint density at radius 1 is 0.549 bits per heavy atom. The molecular weight excluding hydrogens is 895 g/mol. The molecule has 416 valence electrons. The number of unbranched alkanes of at least 4 members (excludes halogenated alkanes) is 32. The number of carbonyl (C=O) groups is 2. The molecule has 0 spiro atoms. The van der Waals surface area contributed by atoms with E-state index in [-0.39, 0.29) is 13.0 Å². The number of amides is 1. The SMILES string of the molecule is CCCCCCCC/C=C\C/C=C/CCC(=O)OC1C(OCC(NC(=O)C(O)CCCCCCCCCCCCCCCCCCCC)C(O)/C=C/CCCCCCCCCCC)OC(CO)C(O)C1O. The molecule has 1 aliphatic rings. The molecule has 0 saturated carbocycles. The Labute approximate surface area is 434 Å². The van der Waals surface area contributed by atoms with E-state index in [0.29, 0.717) is 19.3 Å². The minimum atomic E-state index is -1.63. The molecule has 1 saturated heterocycles. The first-order chi connectivity index (χ1) is 34.7. The van der Waals surface area contributed by atoms with Gasteiger partial charge in [-0.1, -0.05) is 256 Å². The highest BCUT2D eigenvalue weighted by Gasteiger charge is 2.47. The standard InChI is InChI=1S/C60H111NO10/c1-4-7-10-13-16-19-22-24-25-26-27-28-30-32-35-38-41-44-47-53(64)59(68)61-51(52(63)46-43-40-37-34-31-21-18-15-12-9-6-3)50-69-60-58(57(67)56(66)54(49-62)70-60)71-55(65)48-45-42-39-36-33-29-23-20-17-14-11-8-5-2/h29,33,39,42-43,46,51-54,56-58,60,62-64,66-67H,4-28,30-32,34-38,40-41,44-45,47-50H2,1-3H3,(H,61,68)/b33-29-,42-39+,46-43+. The first kappa shape index (κ1) is 66.9. The van der Waals surface area contributed by atoms with Gasteiger partial charge in [-0.15, -0.1) is 0 Å². The van der Waals surface area contributed by atoms with E-state index in [4.69, 9.17) is 14.2 Å². The van der Waals surface area contributed by atoms with Crippen molar-refractivity contribution in [1.29, 1.82) is 0 Å². The van der Waals surface area contributed by atoms with Crippen LogP contribution in [0.2, 0.25) is 0 Å². The van der Waals surface area contributed by atoms with Gasteiger partial charge in [0.1, 0.15) is 24.4 Å². The van der Waals surface area contributed by atoms with Crippen LogP contribution in [-0.2, 0) is 23.8 Å². The van der Waals surface area contributed by atoms with Gasteiger partial charge in [-0.3, -0.25) is 9.59 Å². The maximum absolute atomic E-state index is 13.4. The minimum absolute atomic E-state index is 0.0198. The lowest BCUT2D eigenvalue weighted by Crippen LogP contribution is -2.61. The van der Waals surface area contributed by atoms with Gasteiger partial charge in [-0.2, -0.15) is 0 Å². The van der Waals surface area contributed by atoms with Gasteiger partial charge in [0.05, 0.1) is 25.4 Å². The monoisotopic (exact) mass is 1010 g/mol. The number of rotatable bonds is 50. The normalized spacial score (nSPS) is 19.8. The van der Waals surface area contributed by atoms with Gasteiger partial charge in [-0.05, 0) is 44.9 Å². The third-order valence-corrected chi connectivity index (χ3v) is 14.1. The van der Waals surface area contributed by atoms with Crippen LogP contribution in [0.25, 0.3) is 0 Å². The van der Waals surface area contributed by atoms with Gasteiger partial charge >= 0.3 is 5.97 Å². The van der Waals surface area contributed by atoms with Crippen LogP contribution in [0.4, 0.5) is 0 Å². The first-order valence-corrected chi connectivity index (χ1v) is 29.8. The lowest BCUT2D eigenvalue weighted by Gasteiger charge is -2.41. The second kappa shape index (κ2) is 48.8. The number of esters is 1. The number of hydrogen-bond donors (Lipinski definition) is 6. The molecule has 1 amide bonds. The van der Waals surface area contributed by atoms with Crippen LogP contribution in [0.5, 0.6) is 0 Å². The van der Waals surface area contributed by atoms with Gasteiger partial charge < -0.3 is 45.1 Å². The molecule has 0 aliphatic carbocycles. The highest BCUT2D eigenvalue weighted by molar-refractivity contribution is 5.80. The van der Waals surface area contributed by atoms with E-state index in [1.807, 2.05) is 18.2 Å². The Hall–Kier alpha value is -2.12. The summed E-state index contributed by atoms with van der Waals surface area (Å²) < 4.78 is 17.5. The third kappa shape index (κ3) is 37.3. The predicted molar refractivity (Wildman–Crippen MR) is 292 cm³/mol. The molecule has 1 fully saturated rings. The maximum atomic E-state index is 13.4. The summed E-state index contributed by atoms with van der Waals surface area (Å²) in [7, 11) is 0. The summed E-state index contributed by atoms with van der Waals surface area (Å²) in [5.74, 6) is -1.26. The van der Waals surface area contributed by atoms with E-state index in [9.17, 15) is 35.1 Å². The smallest absolute Gasteiger partial charge is 0.306 e. The van der Waals surface area contributed by atoms with Crippen molar-refractivity contribution in [3.8, 4) is 0 Å². The molecule has 71 heavy (non-hydrogen) atoms. The zero-order valence-electron chi connectivity index (χ0n) is 45.9. The van der Waals surface area contributed by atoms with Crippen LogP contribution < -0.4 is 5.32 Å². The summed E-state index contributed by atoms with van der Waals surface area (Å²) in [6, 6.07) is -1.03. The van der Waals surface area contributed by atoms with Crippen molar-refractivity contribution < 1.29 is 49.3 Å². The highest BCUT2D eigenvalue weighted by atomic mass is 16.7. The van der Waals surface area contributed by atoms with Crippen LogP contribution in [0, 0.1) is 0 Å². The van der Waals surface area contributed by atoms with E-state index in [1.54, 1.807) is 6.08 Å². The van der Waals surface area contributed by atoms with E-state index in [0.717, 1.165) is 51.4 Å². The Morgan fingerprint density at radius 2 is 0.972 bits per heavy atom. The number of nitrogens with one attached hydrogen (secondary N) is 1. The molecule has 0 aromatic carbocycles. The zero-order valence-corrected chi connectivity index (χ0v) is 45.9. The van der Waals surface area contributed by atoms with Crippen LogP contribution >= 0.6 is 0 Å². The molecule has 1 rings (SSSR count). The predicted octanol–water partition coefficient (Wildman–Crippen LogP) is 13.5. The molecule has 0 aromatic heterocycles. The molecular formula is C60H111NO10. The van der Waals surface area contributed by atoms with Crippen LogP contribution in [0.3, 0.4) is 0 Å². The van der Waals surface area contributed by atoms with Crippen LogP contribution in [0.15, 0.2) is 36.5 Å². The summed E-state index contributed by atoms with van der Waals surface area (Å²) in [6.45, 7) is 5.75. The second-order valence-corrected chi connectivity index (χ2v) is 20.7. The Kier molecular flexibility index (Phi) is 46.0. The topological polar surface area (TPSA) is 175 Å². The quantitative estimate of drug-likeness (QED) is 0.0195. The van der Waals surface area contributed by atoms with Gasteiger partial charge in [0.25, 0.3) is 0 Å². The molecule has 0 aromatic rings. The molecule has 0 radical (unpaired) electrons. The number of aliphatic hydroxyl groups excluding tert-OH is 5. The lowest BCUT2D eigenvalue weighted by atomic mass is 9.99. The Morgan fingerprint density at radius 3 is 1.44 bits per heavy atom. The largest absolute Gasteiger partial charge is 0.454 e. The molecule has 8 atom stereocenters. The summed E-state index contributed by atoms with van der Waals surface area (Å²) in [5.41, 5.74) is 0. The van der Waals surface area contributed by atoms with Crippen molar-refractivity contribution in [2.75, 3.05) is 13.2 Å². The fraction of sp³-hybridized carbons (Fsp3) is 0.867.